The number of piperazine rings is 1. The first-order chi connectivity index (χ1) is 14.6. The van der Waals surface area contributed by atoms with Gasteiger partial charge in [0.25, 0.3) is 5.91 Å². The molecule has 10 heteroatoms. The van der Waals surface area contributed by atoms with E-state index in [-0.39, 0.29) is 11.4 Å². The summed E-state index contributed by atoms with van der Waals surface area (Å²) in [5.74, 6) is -0.784. The smallest absolute Gasteiger partial charge is 0.351 e. The number of hydrogen-bond acceptors (Lipinski definition) is 4. The van der Waals surface area contributed by atoms with E-state index in [9.17, 15) is 26.4 Å². The van der Waals surface area contributed by atoms with Crippen LogP contribution in [0.4, 0.5) is 13.2 Å². The van der Waals surface area contributed by atoms with E-state index in [2.05, 4.69) is 5.32 Å². The molecule has 0 unspecified atom stereocenters. The van der Waals surface area contributed by atoms with Gasteiger partial charge in [0.15, 0.2) is 0 Å². The van der Waals surface area contributed by atoms with Crippen molar-refractivity contribution in [3.8, 4) is 0 Å². The number of sulfonamides is 1. The van der Waals surface area contributed by atoms with Gasteiger partial charge < -0.3 is 5.32 Å². The van der Waals surface area contributed by atoms with Crippen molar-refractivity contribution < 1.29 is 26.4 Å². The highest BCUT2D eigenvalue weighted by molar-refractivity contribution is 7.89. The fourth-order valence-corrected chi connectivity index (χ4v) is 4.83. The summed E-state index contributed by atoms with van der Waals surface area (Å²) in [5.41, 5.74) is -0.407. The summed E-state index contributed by atoms with van der Waals surface area (Å²) in [6.45, 7) is 4.02. The lowest BCUT2D eigenvalue weighted by Crippen LogP contribution is -2.50. The molecule has 0 radical (unpaired) electrons. The predicted molar refractivity (Wildman–Crippen MR) is 110 cm³/mol. The molecule has 3 rings (SSSR count). The van der Waals surface area contributed by atoms with Crippen LogP contribution in [0.1, 0.15) is 21.5 Å². The average Bonchev–Trinajstić information content (AvgIpc) is 2.74. The Morgan fingerprint density at radius 2 is 1.61 bits per heavy atom. The maximum absolute atomic E-state index is 13.1. The summed E-state index contributed by atoms with van der Waals surface area (Å²) >= 11 is 0. The normalized spacial score (nSPS) is 16.3. The maximum atomic E-state index is 13.1. The van der Waals surface area contributed by atoms with E-state index in [0.29, 0.717) is 32.7 Å². The molecule has 0 spiro atoms. The summed E-state index contributed by atoms with van der Waals surface area (Å²) in [5, 5.41) is 2.52. The molecule has 0 saturated carbocycles. The number of halogens is 3. The summed E-state index contributed by atoms with van der Waals surface area (Å²) in [6, 6.07) is 11.3. The van der Waals surface area contributed by atoms with Gasteiger partial charge in [0.1, 0.15) is 0 Å². The van der Waals surface area contributed by atoms with Crippen LogP contribution in [0.25, 0.3) is 0 Å². The van der Waals surface area contributed by atoms with E-state index in [4.69, 9.17) is 0 Å². The van der Waals surface area contributed by atoms with Gasteiger partial charge >= 0.3 is 6.18 Å². The van der Waals surface area contributed by atoms with E-state index in [1.807, 2.05) is 11.8 Å². The SMILES string of the molecule is Cc1ccc(S(=O)(=O)N2CCN(CCNC(=O)c3ccccc3C(F)(F)F)CC2)cc1. The first kappa shape index (κ1) is 23.2. The molecule has 2 aromatic carbocycles. The molecule has 1 fully saturated rings. The Bertz CT molecular complexity index is 1020. The lowest BCUT2D eigenvalue weighted by atomic mass is 10.1. The number of benzene rings is 2. The second-order valence-electron chi connectivity index (χ2n) is 7.36. The summed E-state index contributed by atoms with van der Waals surface area (Å²) in [7, 11) is -3.56. The Morgan fingerprint density at radius 1 is 1.00 bits per heavy atom. The highest BCUT2D eigenvalue weighted by Gasteiger charge is 2.35. The van der Waals surface area contributed by atoms with Gasteiger partial charge in [-0.1, -0.05) is 29.8 Å². The zero-order chi connectivity index (χ0) is 22.6. The van der Waals surface area contributed by atoms with Crippen molar-refractivity contribution in [2.75, 3.05) is 39.3 Å². The van der Waals surface area contributed by atoms with Crippen LogP contribution in [0.2, 0.25) is 0 Å². The molecule has 0 atom stereocenters. The second-order valence-corrected chi connectivity index (χ2v) is 9.30. The lowest BCUT2D eigenvalue weighted by molar-refractivity contribution is -0.137. The number of nitrogens with zero attached hydrogens (tertiary/aromatic N) is 2. The van der Waals surface area contributed by atoms with Crippen LogP contribution in [0.5, 0.6) is 0 Å². The summed E-state index contributed by atoms with van der Waals surface area (Å²) in [6.07, 6.45) is -4.60. The Balaban J connectivity index is 1.50. The van der Waals surface area contributed by atoms with Crippen LogP contribution >= 0.6 is 0 Å². The Hall–Kier alpha value is -2.43. The summed E-state index contributed by atoms with van der Waals surface area (Å²) < 4.78 is 66.1. The van der Waals surface area contributed by atoms with Crippen molar-refractivity contribution in [2.24, 2.45) is 0 Å². The lowest BCUT2D eigenvalue weighted by Gasteiger charge is -2.34. The molecule has 168 valence electrons. The first-order valence-corrected chi connectivity index (χ1v) is 11.3. The molecule has 31 heavy (non-hydrogen) atoms. The van der Waals surface area contributed by atoms with Gasteiger partial charge in [0.2, 0.25) is 10.0 Å². The zero-order valence-electron chi connectivity index (χ0n) is 17.0. The van der Waals surface area contributed by atoms with Gasteiger partial charge in [-0.15, -0.1) is 0 Å². The molecule has 1 amide bonds. The zero-order valence-corrected chi connectivity index (χ0v) is 17.8. The minimum atomic E-state index is -4.60. The summed E-state index contributed by atoms with van der Waals surface area (Å²) in [4.78, 5) is 14.4. The van der Waals surface area contributed by atoms with E-state index < -0.39 is 33.2 Å². The number of amides is 1. The van der Waals surface area contributed by atoms with Crippen LogP contribution < -0.4 is 5.32 Å². The third-order valence-electron chi connectivity index (χ3n) is 5.18. The molecular weight excluding hydrogens is 431 g/mol. The third kappa shape index (κ3) is 5.63. The van der Waals surface area contributed by atoms with Gasteiger partial charge in [-0.25, -0.2) is 8.42 Å². The van der Waals surface area contributed by atoms with E-state index in [1.165, 1.54) is 16.4 Å². The average molecular weight is 456 g/mol. The molecule has 6 nitrogen and oxygen atoms in total. The van der Waals surface area contributed by atoms with Gasteiger partial charge in [-0.05, 0) is 31.2 Å². The van der Waals surface area contributed by atoms with Crippen LogP contribution in [0, 0.1) is 6.92 Å². The molecule has 0 aliphatic carbocycles. The first-order valence-electron chi connectivity index (χ1n) is 9.82. The predicted octanol–water partition coefficient (Wildman–Crippen LogP) is 2.75. The van der Waals surface area contributed by atoms with Crippen LogP contribution in [0.15, 0.2) is 53.4 Å². The number of rotatable bonds is 6. The van der Waals surface area contributed by atoms with Gasteiger partial charge in [0, 0.05) is 39.3 Å². The van der Waals surface area contributed by atoms with Crippen LogP contribution in [-0.4, -0.2) is 62.8 Å². The molecule has 0 aromatic heterocycles. The van der Waals surface area contributed by atoms with Crippen molar-refractivity contribution in [2.45, 2.75) is 18.0 Å². The fourth-order valence-electron chi connectivity index (χ4n) is 3.40. The number of hydrogen-bond donors (Lipinski definition) is 1. The molecule has 1 heterocycles. The molecular formula is C21H24F3N3O3S. The number of alkyl halides is 3. The van der Waals surface area contributed by atoms with Gasteiger partial charge in [-0.3, -0.25) is 9.69 Å². The minimum absolute atomic E-state index is 0.162. The van der Waals surface area contributed by atoms with E-state index in [1.54, 1.807) is 24.3 Å². The molecule has 1 saturated heterocycles. The maximum Gasteiger partial charge on any atom is 0.417 e. The van der Waals surface area contributed by atoms with Crippen LogP contribution in [-0.2, 0) is 16.2 Å². The largest absolute Gasteiger partial charge is 0.417 e. The molecule has 0 bridgehead atoms. The van der Waals surface area contributed by atoms with Crippen molar-refractivity contribution in [1.29, 1.82) is 0 Å². The number of carbonyl (C=O) groups is 1. The Labute approximate surface area is 179 Å². The minimum Gasteiger partial charge on any atom is -0.351 e. The standard InChI is InChI=1S/C21H24F3N3O3S/c1-16-6-8-17(9-7-16)31(29,30)27-14-12-26(13-15-27)11-10-25-20(28)18-4-2-3-5-19(18)21(22,23)24/h2-9H,10-15H2,1H3,(H,25,28). The second kappa shape index (κ2) is 9.37. The van der Waals surface area contributed by atoms with Crippen LogP contribution in [0.3, 0.4) is 0 Å². The fraction of sp³-hybridized carbons (Fsp3) is 0.381. The molecule has 1 aliphatic heterocycles. The number of aryl methyl sites for hydroxylation is 1. The molecule has 1 N–H and O–H groups in total. The highest BCUT2D eigenvalue weighted by atomic mass is 32.2. The topological polar surface area (TPSA) is 69.7 Å². The number of carbonyl (C=O) groups excluding carboxylic acids is 1. The monoisotopic (exact) mass is 455 g/mol. The Morgan fingerprint density at radius 3 is 2.23 bits per heavy atom. The van der Waals surface area contributed by atoms with Crippen molar-refractivity contribution in [1.82, 2.24) is 14.5 Å². The molecule has 2 aromatic rings. The third-order valence-corrected chi connectivity index (χ3v) is 7.09. The van der Waals surface area contributed by atoms with E-state index in [0.717, 1.165) is 17.7 Å². The Kier molecular flexibility index (Phi) is 7.03. The van der Waals surface area contributed by atoms with Gasteiger partial charge in [0.05, 0.1) is 16.0 Å². The van der Waals surface area contributed by atoms with E-state index >= 15 is 0 Å². The van der Waals surface area contributed by atoms with Crippen molar-refractivity contribution >= 4 is 15.9 Å². The van der Waals surface area contributed by atoms with Crippen molar-refractivity contribution in [3.05, 3.63) is 65.2 Å². The quantitative estimate of drug-likeness (QED) is 0.727. The highest BCUT2D eigenvalue weighted by Crippen LogP contribution is 2.31. The number of nitrogens with one attached hydrogen (secondary N) is 1. The molecule has 1 aliphatic rings. The van der Waals surface area contributed by atoms with Crippen molar-refractivity contribution in [3.63, 3.8) is 0 Å². The van der Waals surface area contributed by atoms with Gasteiger partial charge in [-0.2, -0.15) is 17.5 Å².